The summed E-state index contributed by atoms with van der Waals surface area (Å²) in [7, 11) is 0. The van der Waals surface area contributed by atoms with Gasteiger partial charge in [-0.15, -0.1) is 0 Å². The number of hydrogen-bond donors (Lipinski definition) is 3. The van der Waals surface area contributed by atoms with Crippen molar-refractivity contribution in [3.05, 3.63) is 82.5 Å². The zero-order valence-corrected chi connectivity index (χ0v) is 32.3. The first-order valence-corrected chi connectivity index (χ1v) is 20.5. The van der Waals surface area contributed by atoms with Gasteiger partial charge in [0, 0.05) is 67.5 Å². The summed E-state index contributed by atoms with van der Waals surface area (Å²) in [6.45, 7) is 8.59. The largest absolute Gasteiger partial charge is 0.380 e. The van der Waals surface area contributed by atoms with Gasteiger partial charge in [0.1, 0.15) is 11.9 Å². The summed E-state index contributed by atoms with van der Waals surface area (Å²) < 4.78 is 6.99. The van der Waals surface area contributed by atoms with Crippen LogP contribution in [0.3, 0.4) is 0 Å². The molecular weight excluding hydrogens is 723 g/mol. The van der Waals surface area contributed by atoms with E-state index in [0.717, 1.165) is 120 Å². The second-order valence-corrected chi connectivity index (χ2v) is 16.8. The first-order chi connectivity index (χ1) is 27.7. The molecule has 0 saturated carbocycles. The zero-order chi connectivity index (χ0) is 39.1. The fourth-order valence-electron chi connectivity index (χ4n) is 9.63. The summed E-state index contributed by atoms with van der Waals surface area (Å²) in [5.74, 6) is 0.965. The highest BCUT2D eigenvalue weighted by Gasteiger charge is 2.42. The Balaban J connectivity index is 0.758. The molecular formula is C43H51N9O5. The Morgan fingerprint density at radius 3 is 2.44 bits per heavy atom. The van der Waals surface area contributed by atoms with E-state index in [1.54, 1.807) is 12.4 Å². The van der Waals surface area contributed by atoms with Crippen LogP contribution in [0.2, 0.25) is 0 Å². The van der Waals surface area contributed by atoms with Crippen molar-refractivity contribution in [3.8, 4) is 0 Å². The van der Waals surface area contributed by atoms with Crippen LogP contribution in [0.4, 0.5) is 23.0 Å². The number of nitrogens with zero attached hydrogens (tertiary/aromatic N) is 6. The van der Waals surface area contributed by atoms with Crippen molar-refractivity contribution >= 4 is 51.5 Å². The number of primary amides is 1. The van der Waals surface area contributed by atoms with Crippen LogP contribution in [0.5, 0.6) is 0 Å². The van der Waals surface area contributed by atoms with E-state index in [1.165, 1.54) is 10.1 Å². The number of anilines is 4. The molecule has 5 saturated heterocycles. The molecule has 2 aromatic heterocycles. The molecule has 0 bridgehead atoms. The van der Waals surface area contributed by atoms with Gasteiger partial charge in [-0.1, -0.05) is 12.1 Å². The van der Waals surface area contributed by atoms with Crippen LogP contribution in [-0.2, 0) is 14.3 Å². The molecule has 4 N–H and O–H groups in total. The number of hydrogen-bond acceptors (Lipinski definition) is 11. The molecule has 1 unspecified atom stereocenters. The highest BCUT2D eigenvalue weighted by Crippen LogP contribution is 2.39. The van der Waals surface area contributed by atoms with Crippen molar-refractivity contribution in [2.45, 2.75) is 63.3 Å². The predicted octanol–water partition coefficient (Wildman–Crippen LogP) is 4.32. The van der Waals surface area contributed by atoms with Crippen LogP contribution in [0.25, 0.3) is 10.8 Å². The normalized spacial score (nSPS) is 22.1. The van der Waals surface area contributed by atoms with Crippen molar-refractivity contribution in [2.75, 3.05) is 74.1 Å². The van der Waals surface area contributed by atoms with E-state index in [2.05, 4.69) is 60.6 Å². The maximum absolute atomic E-state index is 13.3. The molecule has 1 spiro atoms. The van der Waals surface area contributed by atoms with Crippen LogP contribution in [0.1, 0.15) is 79.4 Å². The first kappa shape index (κ1) is 37.2. The van der Waals surface area contributed by atoms with Crippen LogP contribution < -0.4 is 31.7 Å². The number of fused-ring (bicyclic) bond motifs is 1. The zero-order valence-electron chi connectivity index (χ0n) is 32.3. The number of likely N-dealkylation sites (tertiary alicyclic amines) is 1. The van der Waals surface area contributed by atoms with Gasteiger partial charge in [-0.05, 0) is 117 Å². The Bertz CT molecular complexity index is 2220. The van der Waals surface area contributed by atoms with Crippen molar-refractivity contribution in [1.29, 1.82) is 0 Å². The summed E-state index contributed by atoms with van der Waals surface area (Å²) in [4.78, 5) is 66.1. The minimum Gasteiger partial charge on any atom is -0.380 e. The molecule has 298 valence electrons. The lowest BCUT2D eigenvalue weighted by Crippen LogP contribution is -2.54. The molecule has 7 heterocycles. The Morgan fingerprint density at radius 2 is 1.72 bits per heavy atom. The highest BCUT2D eigenvalue weighted by molar-refractivity contribution is 5.99. The van der Waals surface area contributed by atoms with Crippen molar-refractivity contribution < 1.29 is 19.1 Å². The maximum Gasteiger partial charge on any atom is 0.271 e. The van der Waals surface area contributed by atoms with Crippen molar-refractivity contribution in [1.82, 2.24) is 24.8 Å². The van der Waals surface area contributed by atoms with Crippen LogP contribution >= 0.6 is 0 Å². The fourth-order valence-corrected chi connectivity index (χ4v) is 9.63. The maximum atomic E-state index is 13.3. The summed E-state index contributed by atoms with van der Waals surface area (Å²) in [6, 6.07) is 15.7. The number of nitrogens with one attached hydrogen (secondary N) is 2. The van der Waals surface area contributed by atoms with Gasteiger partial charge in [-0.2, -0.15) is 0 Å². The van der Waals surface area contributed by atoms with Gasteiger partial charge in [-0.3, -0.25) is 24.5 Å². The van der Waals surface area contributed by atoms with Crippen LogP contribution in [0.15, 0.2) is 65.7 Å². The molecule has 1 atom stereocenters. The van der Waals surface area contributed by atoms with E-state index >= 15 is 0 Å². The van der Waals surface area contributed by atoms with Gasteiger partial charge in [0.15, 0.2) is 11.5 Å². The third-order valence-corrected chi connectivity index (χ3v) is 13.0. The molecule has 0 radical (unpaired) electrons. The number of pyridine rings is 1. The summed E-state index contributed by atoms with van der Waals surface area (Å²) >= 11 is 0. The quantitative estimate of drug-likeness (QED) is 0.207. The number of ether oxygens (including phenoxy) is 1. The molecule has 3 amide bonds. The van der Waals surface area contributed by atoms with Gasteiger partial charge in [0.25, 0.3) is 11.5 Å². The number of carbonyl (C=O) groups is 3. The van der Waals surface area contributed by atoms with Crippen LogP contribution in [-0.4, -0.2) is 96.2 Å². The standard InChI is InChI=1S/C43H51N9O5/c44-39(54)38-40(47-36(23-45-38)51-16-1-15-43(25-51)26-57-27-43)46-32-4-2-29(3-5-32)30-12-17-49(18-13-30)24-28-10-19-50(20-11-28)33-6-7-34-31(22-33)14-21-52(42(34)56)35-8-9-37(53)48-41(35)55/h2-7,14,21-23,28,30,35H,1,8-13,15-20,24-27H2,(H2,44,54)(H,46,47)(H,48,53,55). The molecule has 0 aliphatic carbocycles. The summed E-state index contributed by atoms with van der Waals surface area (Å²) in [5.41, 5.74) is 9.11. The molecule has 5 aliphatic heterocycles. The minimum absolute atomic E-state index is 0.134. The summed E-state index contributed by atoms with van der Waals surface area (Å²) in [6.07, 6.45) is 10.6. The van der Waals surface area contributed by atoms with E-state index in [-0.39, 0.29) is 29.0 Å². The Labute approximate surface area is 331 Å². The number of aromatic nitrogens is 3. The van der Waals surface area contributed by atoms with Gasteiger partial charge in [-0.25, -0.2) is 9.97 Å². The molecule has 14 nitrogen and oxygen atoms in total. The molecule has 5 aliphatic rings. The Morgan fingerprint density at radius 1 is 0.930 bits per heavy atom. The minimum atomic E-state index is -0.662. The number of carbonyl (C=O) groups excluding carboxylic acids is 3. The molecule has 57 heavy (non-hydrogen) atoms. The second kappa shape index (κ2) is 15.5. The van der Waals surface area contributed by atoms with Crippen molar-refractivity contribution in [2.24, 2.45) is 17.1 Å². The number of imide groups is 1. The monoisotopic (exact) mass is 773 g/mol. The second-order valence-electron chi connectivity index (χ2n) is 16.8. The number of piperidine rings is 4. The number of benzene rings is 2. The van der Waals surface area contributed by atoms with E-state index < -0.39 is 17.9 Å². The third kappa shape index (κ3) is 7.72. The Hall–Kier alpha value is -5.34. The third-order valence-electron chi connectivity index (χ3n) is 13.0. The van der Waals surface area contributed by atoms with Crippen molar-refractivity contribution in [3.63, 3.8) is 0 Å². The Kier molecular flexibility index (Phi) is 10.2. The van der Waals surface area contributed by atoms with E-state index in [1.807, 2.05) is 18.2 Å². The lowest BCUT2D eigenvalue weighted by atomic mass is 9.78. The van der Waals surface area contributed by atoms with E-state index in [9.17, 15) is 19.2 Å². The smallest absolute Gasteiger partial charge is 0.271 e. The average Bonchev–Trinajstić information content (AvgIpc) is 3.21. The number of rotatable bonds is 9. The van der Waals surface area contributed by atoms with E-state index in [0.29, 0.717) is 29.5 Å². The van der Waals surface area contributed by atoms with Crippen LogP contribution in [0, 0.1) is 11.3 Å². The SMILES string of the molecule is NC(=O)c1ncc(N2CCCC3(COC3)C2)nc1Nc1ccc(C2CCN(CC3CCN(c4ccc5c(=O)n(C6CCC(=O)NC6=O)ccc5c4)CC3)CC2)cc1. The van der Waals surface area contributed by atoms with Gasteiger partial charge >= 0.3 is 0 Å². The molecule has 5 fully saturated rings. The lowest BCUT2D eigenvalue weighted by molar-refractivity contribution is -0.135. The summed E-state index contributed by atoms with van der Waals surface area (Å²) in [5, 5.41) is 7.12. The fraction of sp³-hybridized carbons (Fsp3) is 0.488. The van der Waals surface area contributed by atoms with Gasteiger partial charge in [0.05, 0.1) is 19.4 Å². The predicted molar refractivity (Wildman–Crippen MR) is 218 cm³/mol. The molecule has 4 aromatic rings. The number of amides is 3. The topological polar surface area (TPSA) is 168 Å². The molecule has 9 rings (SSSR count). The van der Waals surface area contributed by atoms with Gasteiger partial charge < -0.3 is 35.1 Å². The highest BCUT2D eigenvalue weighted by atomic mass is 16.5. The number of nitrogens with two attached hydrogens (primary N) is 1. The first-order valence-electron chi connectivity index (χ1n) is 20.5. The molecule has 2 aromatic carbocycles. The van der Waals surface area contributed by atoms with Gasteiger partial charge in [0.2, 0.25) is 11.8 Å². The van der Waals surface area contributed by atoms with E-state index in [4.69, 9.17) is 15.5 Å². The average molecular weight is 774 g/mol. The molecule has 14 heteroatoms. The lowest BCUT2D eigenvalue weighted by Gasteiger charge is -2.48.